The van der Waals surface area contributed by atoms with E-state index in [0.717, 1.165) is 0 Å². The Morgan fingerprint density at radius 1 is 1.50 bits per heavy atom. The van der Waals surface area contributed by atoms with Gasteiger partial charge in [0.2, 0.25) is 0 Å². The summed E-state index contributed by atoms with van der Waals surface area (Å²) in [5.74, 6) is 0.572. The lowest BCUT2D eigenvalue weighted by atomic mass is 9.88. The maximum atomic E-state index is 8.85. The predicted octanol–water partition coefficient (Wildman–Crippen LogP) is 3.45. The van der Waals surface area contributed by atoms with Crippen LogP contribution in [-0.2, 0) is 0 Å². The summed E-state index contributed by atoms with van der Waals surface area (Å²) in [6.45, 7) is 8.46. The predicted molar refractivity (Wildman–Crippen MR) is 66.5 cm³/mol. The van der Waals surface area contributed by atoms with Crippen LogP contribution in [0.3, 0.4) is 0 Å². The molecule has 0 aliphatic carbocycles. The quantitative estimate of drug-likeness (QED) is 0.857. The van der Waals surface area contributed by atoms with E-state index in [0.29, 0.717) is 16.4 Å². The summed E-state index contributed by atoms with van der Waals surface area (Å²) in [6.07, 6.45) is 1.59. The molecule has 0 amide bonds. The molecule has 1 atom stereocenters. The monoisotopic (exact) mass is 237 g/mol. The molecule has 0 aromatic carbocycles. The van der Waals surface area contributed by atoms with Crippen LogP contribution in [-0.4, -0.2) is 11.0 Å². The van der Waals surface area contributed by atoms with Gasteiger partial charge < -0.3 is 5.32 Å². The molecular formula is C12H16ClN3. The van der Waals surface area contributed by atoms with E-state index in [4.69, 9.17) is 16.9 Å². The highest BCUT2D eigenvalue weighted by molar-refractivity contribution is 6.34. The number of hydrogen-bond donors (Lipinski definition) is 1. The molecule has 0 spiro atoms. The van der Waals surface area contributed by atoms with E-state index in [1.807, 2.05) is 6.07 Å². The number of aromatic nitrogens is 1. The molecule has 0 fully saturated rings. The van der Waals surface area contributed by atoms with Crippen molar-refractivity contribution in [2.45, 2.75) is 33.7 Å². The van der Waals surface area contributed by atoms with Gasteiger partial charge in [0, 0.05) is 12.2 Å². The van der Waals surface area contributed by atoms with Crippen molar-refractivity contribution >= 4 is 17.4 Å². The number of hydrogen-bond acceptors (Lipinski definition) is 3. The van der Waals surface area contributed by atoms with E-state index in [-0.39, 0.29) is 11.5 Å². The third kappa shape index (κ3) is 2.86. The van der Waals surface area contributed by atoms with Crippen molar-refractivity contribution in [3.8, 4) is 6.07 Å². The fourth-order valence-corrected chi connectivity index (χ4v) is 1.26. The fraction of sp³-hybridized carbons (Fsp3) is 0.500. The first-order valence-electron chi connectivity index (χ1n) is 5.17. The molecule has 1 aromatic heterocycles. The van der Waals surface area contributed by atoms with Crippen molar-refractivity contribution in [2.75, 3.05) is 5.32 Å². The van der Waals surface area contributed by atoms with Crippen LogP contribution in [0.15, 0.2) is 12.3 Å². The van der Waals surface area contributed by atoms with Gasteiger partial charge in [0.15, 0.2) is 0 Å². The smallest absolute Gasteiger partial charge is 0.146 e. The molecule has 1 aromatic rings. The van der Waals surface area contributed by atoms with Crippen molar-refractivity contribution in [3.05, 3.63) is 22.8 Å². The van der Waals surface area contributed by atoms with Crippen LogP contribution in [0, 0.1) is 16.7 Å². The number of rotatable bonds is 2. The fourth-order valence-electron chi connectivity index (χ4n) is 1.05. The molecule has 3 nitrogen and oxygen atoms in total. The van der Waals surface area contributed by atoms with Gasteiger partial charge in [0.05, 0.1) is 5.56 Å². The van der Waals surface area contributed by atoms with Crippen molar-refractivity contribution in [3.63, 3.8) is 0 Å². The molecule has 0 saturated carbocycles. The van der Waals surface area contributed by atoms with Gasteiger partial charge in [-0.2, -0.15) is 5.26 Å². The highest BCUT2D eigenvalue weighted by Crippen LogP contribution is 2.27. The second-order valence-corrected chi connectivity index (χ2v) is 5.24. The number of nitriles is 1. The zero-order chi connectivity index (χ0) is 12.3. The summed E-state index contributed by atoms with van der Waals surface area (Å²) in [5, 5.41) is 12.5. The van der Waals surface area contributed by atoms with E-state index in [1.54, 1.807) is 12.3 Å². The molecular weight excluding hydrogens is 222 g/mol. The number of halogens is 1. The summed E-state index contributed by atoms with van der Waals surface area (Å²) in [5.41, 5.74) is 0.550. The molecule has 0 aliphatic rings. The maximum absolute atomic E-state index is 8.85. The molecule has 0 bridgehead atoms. The van der Waals surface area contributed by atoms with E-state index in [2.05, 4.69) is 38.0 Å². The van der Waals surface area contributed by atoms with Crippen molar-refractivity contribution in [1.82, 2.24) is 4.98 Å². The van der Waals surface area contributed by atoms with Gasteiger partial charge in [-0.05, 0) is 18.4 Å². The van der Waals surface area contributed by atoms with Crippen LogP contribution in [0.2, 0.25) is 5.02 Å². The first-order chi connectivity index (χ1) is 7.36. The number of nitrogens with one attached hydrogen (secondary N) is 1. The van der Waals surface area contributed by atoms with Crippen LogP contribution in [0.1, 0.15) is 33.3 Å². The van der Waals surface area contributed by atoms with Crippen LogP contribution in [0.25, 0.3) is 0 Å². The van der Waals surface area contributed by atoms with Crippen molar-refractivity contribution < 1.29 is 0 Å². The van der Waals surface area contributed by atoms with E-state index in [1.165, 1.54) is 0 Å². The van der Waals surface area contributed by atoms with Gasteiger partial charge in [0.25, 0.3) is 0 Å². The largest absolute Gasteiger partial charge is 0.366 e. The first kappa shape index (κ1) is 12.8. The Morgan fingerprint density at radius 3 is 2.62 bits per heavy atom. The third-order valence-electron chi connectivity index (χ3n) is 2.66. The molecule has 1 unspecified atom stereocenters. The molecule has 86 valence electrons. The Bertz CT molecular complexity index is 415. The van der Waals surface area contributed by atoms with Crippen LogP contribution >= 0.6 is 11.6 Å². The summed E-state index contributed by atoms with van der Waals surface area (Å²) in [7, 11) is 0. The Hall–Kier alpha value is -1.27. The minimum absolute atomic E-state index is 0.105. The van der Waals surface area contributed by atoms with Gasteiger partial charge in [-0.25, -0.2) is 4.98 Å². The van der Waals surface area contributed by atoms with Crippen LogP contribution in [0.5, 0.6) is 0 Å². The Labute approximate surface area is 101 Å². The van der Waals surface area contributed by atoms with Crippen LogP contribution in [0.4, 0.5) is 5.82 Å². The molecule has 1 heterocycles. The maximum Gasteiger partial charge on any atom is 0.146 e. The third-order valence-corrected chi connectivity index (χ3v) is 3.04. The minimum Gasteiger partial charge on any atom is -0.366 e. The highest BCUT2D eigenvalue weighted by Gasteiger charge is 2.21. The summed E-state index contributed by atoms with van der Waals surface area (Å²) < 4.78 is 0. The average molecular weight is 238 g/mol. The molecule has 1 N–H and O–H groups in total. The second-order valence-electron chi connectivity index (χ2n) is 4.86. The Balaban J connectivity index is 2.95. The number of anilines is 1. The Kier molecular flexibility index (Phi) is 3.77. The lowest BCUT2D eigenvalue weighted by molar-refractivity contribution is 0.359. The summed E-state index contributed by atoms with van der Waals surface area (Å²) in [6, 6.07) is 3.86. The lowest BCUT2D eigenvalue weighted by Gasteiger charge is -2.28. The van der Waals surface area contributed by atoms with Crippen LogP contribution < -0.4 is 5.32 Å². The zero-order valence-corrected chi connectivity index (χ0v) is 10.8. The van der Waals surface area contributed by atoms with Gasteiger partial charge in [-0.3, -0.25) is 0 Å². The second kappa shape index (κ2) is 4.71. The van der Waals surface area contributed by atoms with Gasteiger partial charge in [0.1, 0.15) is 16.9 Å². The first-order valence-corrected chi connectivity index (χ1v) is 5.55. The lowest BCUT2D eigenvalue weighted by Crippen LogP contribution is -2.31. The molecule has 0 aliphatic heterocycles. The van der Waals surface area contributed by atoms with Gasteiger partial charge in [-0.15, -0.1) is 0 Å². The van der Waals surface area contributed by atoms with Gasteiger partial charge in [-0.1, -0.05) is 32.4 Å². The topological polar surface area (TPSA) is 48.7 Å². The van der Waals surface area contributed by atoms with Crippen molar-refractivity contribution in [1.29, 1.82) is 5.26 Å². The Morgan fingerprint density at radius 2 is 2.12 bits per heavy atom. The molecule has 0 radical (unpaired) electrons. The van der Waals surface area contributed by atoms with E-state index in [9.17, 15) is 0 Å². The number of pyridine rings is 1. The number of nitrogens with zero attached hydrogens (tertiary/aromatic N) is 2. The van der Waals surface area contributed by atoms with E-state index < -0.39 is 0 Å². The molecule has 0 saturated heterocycles. The molecule has 1 rings (SSSR count). The van der Waals surface area contributed by atoms with Gasteiger partial charge >= 0.3 is 0 Å². The van der Waals surface area contributed by atoms with Crippen molar-refractivity contribution in [2.24, 2.45) is 5.41 Å². The average Bonchev–Trinajstić information content (AvgIpc) is 2.19. The molecule has 16 heavy (non-hydrogen) atoms. The standard InChI is InChI=1S/C12H16ClN3/c1-8(12(2,3)4)16-11-10(13)9(7-14)5-6-15-11/h5-6,8H,1-4H3,(H,15,16). The normalized spacial score (nSPS) is 13.0. The summed E-state index contributed by atoms with van der Waals surface area (Å²) >= 11 is 6.06. The summed E-state index contributed by atoms with van der Waals surface area (Å²) in [4.78, 5) is 4.15. The molecule has 4 heteroatoms. The minimum atomic E-state index is 0.105. The SMILES string of the molecule is CC(Nc1nccc(C#N)c1Cl)C(C)(C)C. The van der Waals surface area contributed by atoms with E-state index >= 15 is 0 Å². The zero-order valence-electron chi connectivity index (χ0n) is 10.0. The highest BCUT2D eigenvalue weighted by atomic mass is 35.5.